The summed E-state index contributed by atoms with van der Waals surface area (Å²) in [5.74, 6) is 0.622. The van der Waals surface area contributed by atoms with Crippen LogP contribution in [0.25, 0.3) is 15.4 Å². The van der Waals surface area contributed by atoms with Gasteiger partial charge in [0.05, 0.1) is 24.8 Å². The van der Waals surface area contributed by atoms with E-state index in [0.29, 0.717) is 41.1 Å². The number of nitrogens with one attached hydrogen (secondary N) is 3. The van der Waals surface area contributed by atoms with Gasteiger partial charge in [0, 0.05) is 44.2 Å². The van der Waals surface area contributed by atoms with Crippen molar-refractivity contribution in [2.75, 3.05) is 31.7 Å². The first-order valence-corrected chi connectivity index (χ1v) is 25.9. The van der Waals surface area contributed by atoms with Crippen molar-refractivity contribution in [1.82, 2.24) is 30.3 Å². The molecule has 2 aliphatic heterocycles. The number of amides is 4. The van der Waals surface area contributed by atoms with Gasteiger partial charge in [-0.1, -0.05) is 81.8 Å². The molecular formula is C54H61ClN8O6S2. The number of hydrogen-bond acceptors (Lipinski definition) is 11. The van der Waals surface area contributed by atoms with Crippen LogP contribution in [0.2, 0.25) is 5.02 Å². The van der Waals surface area contributed by atoms with Gasteiger partial charge in [0.1, 0.15) is 47.9 Å². The predicted molar refractivity (Wildman–Crippen MR) is 281 cm³/mol. The highest BCUT2D eigenvalue weighted by atomic mass is 35.5. The Bertz CT molecular complexity index is 2960. The van der Waals surface area contributed by atoms with Crippen LogP contribution in [0, 0.1) is 39.0 Å². The van der Waals surface area contributed by atoms with Crippen LogP contribution in [0.15, 0.2) is 89.2 Å². The molecule has 4 amide bonds. The number of thiophene rings is 2. The largest absolute Gasteiger partial charge is 0.491 e. The van der Waals surface area contributed by atoms with Crippen LogP contribution in [0.5, 0.6) is 5.75 Å². The predicted octanol–water partition coefficient (Wildman–Crippen LogP) is 9.91. The van der Waals surface area contributed by atoms with Crippen LogP contribution in [0.4, 0.5) is 5.69 Å². The number of carbonyl (C=O) groups is 4. The Hall–Kier alpha value is -6.20. The summed E-state index contributed by atoms with van der Waals surface area (Å²) < 4.78 is 13.7. The standard InChI is InChI=1S/C54H61ClN8O6S2/c1-30-25-43(51(66)56-33(4)36-13-15-38(16-14-36)48-31(2)21-24-70-48)62(28-30)52(67)49(54(7,8)9)59-45(65)29-68-22-23-69-41-12-10-11-40(26-41)57-44(64)27-42-50-61-60-35(6)63(50)53-46(32(3)34(5)71-53)47(58-42)37-17-19-39(55)20-18-37/h10-21,24,26,30,33,42-43,49H,22-23,25,27-29H2,1-9H3,(H,56,66)(H,57,64)(H,59,65)/t30-,33+,42?,43+,49-/m1/s1. The van der Waals surface area contributed by atoms with Gasteiger partial charge in [-0.3, -0.25) is 28.7 Å². The monoisotopic (exact) mass is 1020 g/mol. The average Bonchev–Trinajstić information content (AvgIpc) is 4.10. The van der Waals surface area contributed by atoms with Crippen molar-refractivity contribution < 1.29 is 28.7 Å². The van der Waals surface area contributed by atoms with Crippen LogP contribution < -0.4 is 20.7 Å². The summed E-state index contributed by atoms with van der Waals surface area (Å²) in [6.45, 7) is 18.1. The van der Waals surface area contributed by atoms with Crippen molar-refractivity contribution in [2.45, 2.75) is 99.3 Å². The van der Waals surface area contributed by atoms with Crippen LogP contribution in [-0.4, -0.2) is 87.5 Å². The smallest absolute Gasteiger partial charge is 0.246 e. The van der Waals surface area contributed by atoms with E-state index in [-0.39, 0.29) is 55.9 Å². The Morgan fingerprint density at radius 1 is 0.901 bits per heavy atom. The number of carbonyl (C=O) groups excluding carboxylic acids is 4. The van der Waals surface area contributed by atoms with Gasteiger partial charge in [-0.15, -0.1) is 32.9 Å². The zero-order valence-corrected chi connectivity index (χ0v) is 44.0. The lowest BCUT2D eigenvalue weighted by Crippen LogP contribution is -2.58. The fourth-order valence-electron chi connectivity index (χ4n) is 9.11. The molecule has 2 aliphatic rings. The molecule has 14 nitrogen and oxygen atoms in total. The first kappa shape index (κ1) is 51.2. The summed E-state index contributed by atoms with van der Waals surface area (Å²) in [6.07, 6.45) is 0.524. The first-order chi connectivity index (χ1) is 33.9. The third-order valence-corrected chi connectivity index (χ3v) is 15.5. The minimum Gasteiger partial charge on any atom is -0.491 e. The molecule has 1 saturated heterocycles. The molecule has 3 N–H and O–H groups in total. The number of rotatable bonds is 16. The fourth-order valence-corrected chi connectivity index (χ4v) is 11.4. The number of aliphatic imine (C=N–C) groups is 1. The number of aryl methyl sites for hydroxylation is 3. The van der Waals surface area contributed by atoms with E-state index in [1.807, 2.05) is 82.5 Å². The minimum absolute atomic E-state index is 0.00342. The average molecular weight is 1020 g/mol. The molecule has 17 heteroatoms. The fraction of sp³-hybridized carbons (Fsp3) is 0.389. The van der Waals surface area contributed by atoms with E-state index in [1.54, 1.807) is 51.8 Å². The molecule has 71 heavy (non-hydrogen) atoms. The summed E-state index contributed by atoms with van der Waals surface area (Å²) >= 11 is 9.62. The molecule has 1 unspecified atom stereocenters. The lowest BCUT2D eigenvalue weighted by Gasteiger charge is -2.35. The van der Waals surface area contributed by atoms with Crippen molar-refractivity contribution in [3.63, 3.8) is 0 Å². The summed E-state index contributed by atoms with van der Waals surface area (Å²) in [6, 6.07) is 22.4. The maximum absolute atomic E-state index is 14.3. The molecule has 6 aromatic rings. The van der Waals surface area contributed by atoms with E-state index in [9.17, 15) is 19.2 Å². The summed E-state index contributed by atoms with van der Waals surface area (Å²) in [7, 11) is 0. The number of fused-ring (bicyclic) bond motifs is 3. The van der Waals surface area contributed by atoms with Crippen LogP contribution >= 0.6 is 34.3 Å². The Kier molecular flexibility index (Phi) is 15.6. The molecule has 372 valence electrons. The Morgan fingerprint density at radius 3 is 2.34 bits per heavy atom. The summed E-state index contributed by atoms with van der Waals surface area (Å²) in [5.41, 5.74) is 6.93. The van der Waals surface area contributed by atoms with Crippen molar-refractivity contribution in [3.8, 4) is 21.2 Å². The van der Waals surface area contributed by atoms with E-state index >= 15 is 0 Å². The van der Waals surface area contributed by atoms with Crippen LogP contribution in [0.3, 0.4) is 0 Å². The molecule has 1 fully saturated rings. The second-order valence-electron chi connectivity index (χ2n) is 19.6. The molecular weight excluding hydrogens is 956 g/mol. The maximum atomic E-state index is 14.3. The van der Waals surface area contributed by atoms with Crippen molar-refractivity contribution >= 4 is 69.3 Å². The van der Waals surface area contributed by atoms with E-state index in [1.165, 1.54) is 10.4 Å². The topological polar surface area (TPSA) is 169 Å². The second kappa shape index (κ2) is 21.7. The molecule has 3 aromatic heterocycles. The van der Waals surface area contributed by atoms with Gasteiger partial charge < -0.3 is 30.3 Å². The van der Waals surface area contributed by atoms with Crippen molar-refractivity contribution in [1.29, 1.82) is 0 Å². The molecule has 0 spiro atoms. The Labute approximate surface area is 428 Å². The SMILES string of the molecule is Cc1ccsc1-c1ccc([C@H](C)NC(=O)[C@@H]2C[C@@H](C)CN2C(=O)[C@@H](NC(=O)COCCOc2cccc(NC(=O)CC3N=C(c4ccc(Cl)cc4)c4c(sc(C)c4C)-n4c(C)nnc43)c2)C(C)(C)C)cc1. The zero-order valence-electron chi connectivity index (χ0n) is 41.6. The number of likely N-dealkylation sites (tertiary alicyclic amines) is 1. The highest BCUT2D eigenvalue weighted by Gasteiger charge is 2.44. The Morgan fingerprint density at radius 2 is 1.63 bits per heavy atom. The minimum atomic E-state index is -0.899. The van der Waals surface area contributed by atoms with E-state index in [4.69, 9.17) is 26.1 Å². The van der Waals surface area contributed by atoms with E-state index in [0.717, 1.165) is 43.4 Å². The number of benzene rings is 3. The third-order valence-electron chi connectivity index (χ3n) is 13.0. The maximum Gasteiger partial charge on any atom is 0.246 e. The highest BCUT2D eigenvalue weighted by Crippen LogP contribution is 2.40. The van der Waals surface area contributed by atoms with Crippen LogP contribution in [-0.2, 0) is 23.9 Å². The summed E-state index contributed by atoms with van der Waals surface area (Å²) in [5, 5.41) is 21.6. The number of ether oxygens (including phenoxy) is 2. The highest BCUT2D eigenvalue weighted by molar-refractivity contribution is 7.15. The third kappa shape index (κ3) is 11.6. The Balaban J connectivity index is 0.831. The number of anilines is 1. The molecule has 5 atom stereocenters. The molecule has 3 aromatic carbocycles. The van der Waals surface area contributed by atoms with Gasteiger partial charge in [0.15, 0.2) is 5.82 Å². The molecule has 0 bridgehead atoms. The quantitative estimate of drug-likeness (QED) is 0.0805. The summed E-state index contributed by atoms with van der Waals surface area (Å²) in [4.78, 5) is 64.4. The molecule has 8 rings (SSSR count). The molecule has 0 aliphatic carbocycles. The lowest BCUT2D eigenvalue weighted by molar-refractivity contribution is -0.144. The van der Waals surface area contributed by atoms with E-state index < -0.39 is 29.4 Å². The number of halogens is 1. The van der Waals surface area contributed by atoms with Crippen molar-refractivity contribution in [3.05, 3.63) is 134 Å². The molecule has 0 radical (unpaired) electrons. The second-order valence-corrected chi connectivity index (χ2v) is 22.1. The lowest BCUT2D eigenvalue weighted by atomic mass is 9.85. The van der Waals surface area contributed by atoms with Gasteiger partial charge in [-0.25, -0.2) is 0 Å². The van der Waals surface area contributed by atoms with E-state index in [2.05, 4.69) is 70.5 Å². The molecule has 5 heterocycles. The number of hydrogen-bond donors (Lipinski definition) is 3. The zero-order chi connectivity index (χ0) is 50.7. The van der Waals surface area contributed by atoms with Gasteiger partial charge in [0.2, 0.25) is 23.6 Å². The van der Waals surface area contributed by atoms with Gasteiger partial charge in [0.25, 0.3) is 0 Å². The molecule has 0 saturated carbocycles. The number of aromatic nitrogens is 3. The van der Waals surface area contributed by atoms with Crippen molar-refractivity contribution in [2.24, 2.45) is 16.3 Å². The first-order valence-electron chi connectivity index (χ1n) is 23.9. The van der Waals surface area contributed by atoms with Gasteiger partial charge in [-0.05, 0) is 110 Å². The van der Waals surface area contributed by atoms with Gasteiger partial charge in [-0.2, -0.15) is 0 Å². The number of nitrogens with zero attached hydrogens (tertiary/aromatic N) is 5. The van der Waals surface area contributed by atoms with Crippen LogP contribution in [0.1, 0.15) is 104 Å². The van der Waals surface area contributed by atoms with Gasteiger partial charge >= 0.3 is 0 Å². The normalized spacial score (nSPS) is 17.4.